The van der Waals surface area contributed by atoms with Crippen molar-refractivity contribution in [3.05, 3.63) is 77.6 Å². The van der Waals surface area contributed by atoms with E-state index in [1.165, 1.54) is 6.07 Å². The Kier molecular flexibility index (Phi) is 7.17. The van der Waals surface area contributed by atoms with Crippen LogP contribution in [-0.4, -0.2) is 36.3 Å². The van der Waals surface area contributed by atoms with E-state index in [-0.39, 0.29) is 23.5 Å². The summed E-state index contributed by atoms with van der Waals surface area (Å²) < 4.78 is 13.6. The molecule has 2 aromatic rings. The third-order valence-electron chi connectivity index (χ3n) is 5.40. The Hall–Kier alpha value is -2.95. The highest BCUT2D eigenvalue weighted by atomic mass is 19.1. The summed E-state index contributed by atoms with van der Waals surface area (Å²) in [7, 11) is 0. The molecular weight excluding hydrogens is 367 g/mol. The van der Waals surface area contributed by atoms with Crippen molar-refractivity contribution in [3.8, 4) is 0 Å². The number of carbonyl (C=O) groups excluding carboxylic acids is 2. The molecule has 0 radical (unpaired) electrons. The van der Waals surface area contributed by atoms with Gasteiger partial charge >= 0.3 is 0 Å². The molecule has 1 N–H and O–H groups in total. The number of hydrogen-bond acceptors (Lipinski definition) is 2. The number of carbonyl (C=O) groups is 2. The highest BCUT2D eigenvalue weighted by Gasteiger charge is 2.26. The molecule has 0 unspecified atom stereocenters. The van der Waals surface area contributed by atoms with Crippen molar-refractivity contribution in [1.82, 2.24) is 10.2 Å². The number of hydrogen-bond donors (Lipinski definition) is 1. The molecule has 1 fully saturated rings. The molecule has 0 aliphatic carbocycles. The lowest BCUT2D eigenvalue weighted by Crippen LogP contribution is -2.42. The molecule has 0 spiro atoms. The monoisotopic (exact) mass is 394 g/mol. The number of piperidine rings is 1. The molecule has 1 saturated heterocycles. The summed E-state index contributed by atoms with van der Waals surface area (Å²) in [6, 6.07) is 16.4. The Balaban J connectivity index is 1.44. The fourth-order valence-electron chi connectivity index (χ4n) is 3.59. The van der Waals surface area contributed by atoms with Gasteiger partial charge in [-0.05, 0) is 49.0 Å². The molecule has 152 valence electrons. The van der Waals surface area contributed by atoms with Gasteiger partial charge in [0.05, 0.1) is 0 Å². The van der Waals surface area contributed by atoms with Gasteiger partial charge in [0.15, 0.2) is 0 Å². The minimum atomic E-state index is -0.243. The van der Waals surface area contributed by atoms with Crippen molar-refractivity contribution in [1.29, 1.82) is 0 Å². The van der Waals surface area contributed by atoms with Crippen LogP contribution in [0, 0.1) is 11.7 Å². The van der Waals surface area contributed by atoms with Crippen molar-refractivity contribution in [2.45, 2.75) is 26.2 Å². The zero-order valence-corrected chi connectivity index (χ0v) is 16.7. The van der Waals surface area contributed by atoms with Gasteiger partial charge in [-0.2, -0.15) is 0 Å². The van der Waals surface area contributed by atoms with Crippen LogP contribution in [0.2, 0.25) is 0 Å². The van der Waals surface area contributed by atoms with E-state index in [2.05, 4.69) is 5.32 Å². The van der Waals surface area contributed by atoms with Crippen LogP contribution in [0.25, 0.3) is 5.57 Å². The van der Waals surface area contributed by atoms with E-state index in [4.69, 9.17) is 0 Å². The molecule has 4 nitrogen and oxygen atoms in total. The summed E-state index contributed by atoms with van der Waals surface area (Å²) in [5.74, 6) is -0.361. The summed E-state index contributed by atoms with van der Waals surface area (Å²) in [6.45, 7) is 3.49. The Bertz CT molecular complexity index is 871. The van der Waals surface area contributed by atoms with Gasteiger partial charge in [-0.25, -0.2) is 4.39 Å². The van der Waals surface area contributed by atoms with Gasteiger partial charge < -0.3 is 10.2 Å². The Morgan fingerprint density at radius 1 is 1.07 bits per heavy atom. The van der Waals surface area contributed by atoms with Crippen molar-refractivity contribution in [2.75, 3.05) is 19.6 Å². The third-order valence-corrected chi connectivity index (χ3v) is 5.40. The number of amides is 2. The normalized spacial score (nSPS) is 15.2. The molecule has 2 amide bonds. The number of allylic oxidation sites excluding steroid dienone is 1. The van der Waals surface area contributed by atoms with Crippen LogP contribution in [0.1, 0.15) is 30.9 Å². The second kappa shape index (κ2) is 10.0. The minimum absolute atomic E-state index is 0.00948. The lowest BCUT2D eigenvalue weighted by atomic mass is 9.95. The predicted octanol–water partition coefficient (Wildman–Crippen LogP) is 3.83. The van der Waals surface area contributed by atoms with Gasteiger partial charge in [0.25, 0.3) is 0 Å². The van der Waals surface area contributed by atoms with Crippen molar-refractivity contribution in [3.63, 3.8) is 0 Å². The topological polar surface area (TPSA) is 49.4 Å². The lowest BCUT2D eigenvalue weighted by molar-refractivity contribution is -0.132. The van der Waals surface area contributed by atoms with Crippen LogP contribution >= 0.6 is 0 Å². The average molecular weight is 394 g/mol. The van der Waals surface area contributed by atoms with Crippen molar-refractivity contribution >= 4 is 17.4 Å². The average Bonchev–Trinajstić information content (AvgIpc) is 2.75. The molecule has 1 heterocycles. The number of likely N-dealkylation sites (tertiary alicyclic amines) is 1. The molecule has 1 aliphatic rings. The van der Waals surface area contributed by atoms with E-state index in [9.17, 15) is 14.0 Å². The lowest BCUT2D eigenvalue weighted by Gasteiger charge is -2.30. The molecule has 3 rings (SSSR count). The number of benzene rings is 2. The molecule has 1 aliphatic heterocycles. The molecule has 29 heavy (non-hydrogen) atoms. The third kappa shape index (κ3) is 5.76. The van der Waals surface area contributed by atoms with E-state index in [1.54, 1.807) is 29.2 Å². The summed E-state index contributed by atoms with van der Waals surface area (Å²) in [6.07, 6.45) is 3.44. The van der Waals surface area contributed by atoms with E-state index in [0.717, 1.165) is 11.1 Å². The van der Waals surface area contributed by atoms with Crippen molar-refractivity contribution < 1.29 is 14.0 Å². The van der Waals surface area contributed by atoms with Crippen LogP contribution in [0.4, 0.5) is 4.39 Å². The zero-order valence-electron chi connectivity index (χ0n) is 16.7. The largest absolute Gasteiger partial charge is 0.356 e. The predicted molar refractivity (Wildman–Crippen MR) is 113 cm³/mol. The maximum absolute atomic E-state index is 13.6. The van der Waals surface area contributed by atoms with Gasteiger partial charge in [-0.15, -0.1) is 0 Å². The maximum Gasteiger partial charge on any atom is 0.246 e. The Morgan fingerprint density at radius 3 is 2.41 bits per heavy atom. The van der Waals surface area contributed by atoms with Crippen LogP contribution < -0.4 is 5.32 Å². The van der Waals surface area contributed by atoms with Gasteiger partial charge in [0.1, 0.15) is 5.82 Å². The van der Waals surface area contributed by atoms with Crippen LogP contribution in [-0.2, 0) is 16.0 Å². The van der Waals surface area contributed by atoms with E-state index < -0.39 is 0 Å². The minimum Gasteiger partial charge on any atom is -0.356 e. The van der Waals surface area contributed by atoms with Crippen LogP contribution in [0.3, 0.4) is 0 Å². The summed E-state index contributed by atoms with van der Waals surface area (Å²) in [4.78, 5) is 26.7. The first-order valence-corrected chi connectivity index (χ1v) is 10.1. The molecule has 5 heteroatoms. The van der Waals surface area contributed by atoms with E-state index >= 15 is 0 Å². The van der Waals surface area contributed by atoms with E-state index in [0.29, 0.717) is 44.5 Å². The number of nitrogens with zero attached hydrogens (tertiary/aromatic N) is 1. The molecule has 0 bridgehead atoms. The Labute approximate surface area is 171 Å². The molecule has 0 atom stereocenters. The van der Waals surface area contributed by atoms with E-state index in [1.807, 2.05) is 37.3 Å². The second-order valence-corrected chi connectivity index (χ2v) is 7.43. The quantitative estimate of drug-likeness (QED) is 0.757. The first-order valence-electron chi connectivity index (χ1n) is 10.1. The maximum atomic E-state index is 13.6. The summed E-state index contributed by atoms with van der Waals surface area (Å²) in [5, 5.41) is 2.90. The highest BCUT2D eigenvalue weighted by Crippen LogP contribution is 2.19. The first kappa shape index (κ1) is 20.8. The Morgan fingerprint density at radius 2 is 1.72 bits per heavy atom. The summed E-state index contributed by atoms with van der Waals surface area (Å²) >= 11 is 0. The van der Waals surface area contributed by atoms with Crippen LogP contribution in [0.15, 0.2) is 60.7 Å². The molecule has 0 saturated carbocycles. The number of rotatable bonds is 6. The van der Waals surface area contributed by atoms with Gasteiger partial charge in [-0.1, -0.05) is 48.5 Å². The number of nitrogens with one attached hydrogen (secondary N) is 1. The standard InChI is InChI=1S/C24H27FN2O2/c1-18(19-7-3-2-4-8-19)17-23(28)27-15-12-21(13-16-27)24(29)26-14-11-20-9-5-6-10-22(20)25/h2-10,17,21H,11-16H2,1H3,(H,26,29). The molecular formula is C24H27FN2O2. The van der Waals surface area contributed by atoms with Crippen LogP contribution in [0.5, 0.6) is 0 Å². The van der Waals surface area contributed by atoms with Gasteiger partial charge in [-0.3, -0.25) is 9.59 Å². The zero-order chi connectivity index (χ0) is 20.6. The highest BCUT2D eigenvalue weighted by molar-refractivity contribution is 5.95. The fraction of sp³-hybridized carbons (Fsp3) is 0.333. The SMILES string of the molecule is CC(=CC(=O)N1CCC(C(=O)NCCc2ccccc2F)CC1)c1ccccc1. The number of halogens is 1. The fourth-order valence-corrected chi connectivity index (χ4v) is 3.59. The summed E-state index contributed by atoms with van der Waals surface area (Å²) in [5.41, 5.74) is 2.57. The van der Waals surface area contributed by atoms with Gasteiger partial charge in [0.2, 0.25) is 11.8 Å². The smallest absolute Gasteiger partial charge is 0.246 e. The van der Waals surface area contributed by atoms with Gasteiger partial charge in [0, 0.05) is 31.6 Å². The molecule has 0 aromatic heterocycles. The molecule has 2 aromatic carbocycles. The van der Waals surface area contributed by atoms with Crippen molar-refractivity contribution in [2.24, 2.45) is 5.92 Å². The second-order valence-electron chi connectivity index (χ2n) is 7.43. The first-order chi connectivity index (χ1) is 14.0.